The molecule has 2 heterocycles. The molecule has 2 amide bonds. The Balaban J connectivity index is 1.58. The fraction of sp³-hybridized carbons (Fsp3) is 0.450. The molecule has 7 nitrogen and oxygen atoms in total. The second-order valence-electron chi connectivity index (χ2n) is 7.02. The molecular weight excluding hydrogens is 344 g/mol. The van der Waals surface area contributed by atoms with E-state index in [4.69, 9.17) is 4.52 Å². The Morgan fingerprint density at radius 2 is 1.74 bits per heavy atom. The predicted octanol–water partition coefficient (Wildman–Crippen LogP) is 3.36. The van der Waals surface area contributed by atoms with Crippen LogP contribution in [0.2, 0.25) is 0 Å². The molecule has 27 heavy (non-hydrogen) atoms. The molecule has 3 rings (SSSR count). The summed E-state index contributed by atoms with van der Waals surface area (Å²) in [6, 6.07) is 6.65. The number of piperidine rings is 1. The van der Waals surface area contributed by atoms with Gasteiger partial charge in [0.05, 0.1) is 11.7 Å². The molecule has 1 unspecified atom stereocenters. The minimum Gasteiger partial charge on any atom is -0.338 e. The third-order valence-electron chi connectivity index (χ3n) is 5.12. The molecule has 7 heteroatoms. The molecule has 0 aliphatic carbocycles. The number of carbonyl (C=O) groups excluding carboxylic acids is 2. The lowest BCUT2D eigenvalue weighted by Gasteiger charge is -2.31. The Kier molecular flexibility index (Phi) is 5.91. The van der Waals surface area contributed by atoms with E-state index in [-0.39, 0.29) is 17.9 Å². The fourth-order valence-corrected chi connectivity index (χ4v) is 3.13. The standard InChI is InChI=1S/C20H26N4O3/c1-13-14(2)23-27-20(13)22-19(26)16-7-9-17(10-8-16)21-18(25)15(3)24-11-5-4-6-12-24/h7-10,15H,4-6,11-12H2,1-3H3,(H,21,25)(H,22,26). The highest BCUT2D eigenvalue weighted by atomic mass is 16.5. The monoisotopic (exact) mass is 370 g/mol. The van der Waals surface area contributed by atoms with Gasteiger partial charge in [-0.3, -0.25) is 19.8 Å². The van der Waals surface area contributed by atoms with Gasteiger partial charge in [-0.2, -0.15) is 0 Å². The van der Waals surface area contributed by atoms with Crippen molar-refractivity contribution >= 4 is 23.4 Å². The molecular formula is C20H26N4O3. The van der Waals surface area contributed by atoms with Gasteiger partial charge in [-0.05, 0) is 71.0 Å². The van der Waals surface area contributed by atoms with Gasteiger partial charge in [-0.1, -0.05) is 11.6 Å². The number of hydrogen-bond acceptors (Lipinski definition) is 5. The summed E-state index contributed by atoms with van der Waals surface area (Å²) in [4.78, 5) is 27.0. The molecule has 1 atom stereocenters. The van der Waals surface area contributed by atoms with Gasteiger partial charge < -0.3 is 9.84 Å². The minimum atomic E-state index is -0.284. The van der Waals surface area contributed by atoms with Gasteiger partial charge in [0.25, 0.3) is 5.91 Å². The van der Waals surface area contributed by atoms with E-state index in [2.05, 4.69) is 20.7 Å². The van der Waals surface area contributed by atoms with Gasteiger partial charge in [0, 0.05) is 16.8 Å². The zero-order valence-electron chi connectivity index (χ0n) is 16.0. The topological polar surface area (TPSA) is 87.5 Å². The average molecular weight is 370 g/mol. The van der Waals surface area contributed by atoms with E-state index < -0.39 is 0 Å². The van der Waals surface area contributed by atoms with Crippen LogP contribution in [0.15, 0.2) is 28.8 Å². The van der Waals surface area contributed by atoms with Crippen LogP contribution in [0.3, 0.4) is 0 Å². The second-order valence-corrected chi connectivity index (χ2v) is 7.02. The number of aryl methyl sites for hydroxylation is 1. The summed E-state index contributed by atoms with van der Waals surface area (Å²) in [5.41, 5.74) is 2.70. The molecule has 1 aliphatic rings. The normalized spacial score (nSPS) is 16.0. The van der Waals surface area contributed by atoms with Crippen molar-refractivity contribution < 1.29 is 14.1 Å². The smallest absolute Gasteiger partial charge is 0.258 e. The zero-order valence-corrected chi connectivity index (χ0v) is 16.0. The predicted molar refractivity (Wildman–Crippen MR) is 104 cm³/mol. The molecule has 1 saturated heterocycles. The number of rotatable bonds is 5. The van der Waals surface area contributed by atoms with E-state index in [1.807, 2.05) is 20.8 Å². The largest absolute Gasteiger partial charge is 0.338 e. The number of benzene rings is 1. The first-order valence-corrected chi connectivity index (χ1v) is 9.35. The first kappa shape index (κ1) is 19.1. The molecule has 144 valence electrons. The Hall–Kier alpha value is -2.67. The number of nitrogens with one attached hydrogen (secondary N) is 2. The fourth-order valence-electron chi connectivity index (χ4n) is 3.13. The molecule has 0 spiro atoms. The zero-order chi connectivity index (χ0) is 19.4. The number of likely N-dealkylation sites (tertiary alicyclic amines) is 1. The van der Waals surface area contributed by atoms with Crippen molar-refractivity contribution in [3.05, 3.63) is 41.1 Å². The minimum absolute atomic E-state index is 0.0261. The van der Waals surface area contributed by atoms with Crippen LogP contribution in [0.4, 0.5) is 11.6 Å². The van der Waals surface area contributed by atoms with E-state index in [1.165, 1.54) is 6.42 Å². The maximum atomic E-state index is 12.5. The molecule has 0 saturated carbocycles. The Morgan fingerprint density at radius 1 is 1.07 bits per heavy atom. The van der Waals surface area contributed by atoms with E-state index >= 15 is 0 Å². The second kappa shape index (κ2) is 8.35. The van der Waals surface area contributed by atoms with Gasteiger partial charge in [0.15, 0.2) is 0 Å². The van der Waals surface area contributed by atoms with Crippen molar-refractivity contribution in [3.63, 3.8) is 0 Å². The molecule has 1 aromatic carbocycles. The average Bonchev–Trinajstić information content (AvgIpc) is 3.00. The summed E-state index contributed by atoms with van der Waals surface area (Å²) < 4.78 is 5.10. The van der Waals surface area contributed by atoms with E-state index in [9.17, 15) is 9.59 Å². The van der Waals surface area contributed by atoms with Crippen LogP contribution in [-0.4, -0.2) is 41.0 Å². The van der Waals surface area contributed by atoms with Crippen LogP contribution in [-0.2, 0) is 4.79 Å². The molecule has 1 fully saturated rings. The summed E-state index contributed by atoms with van der Waals surface area (Å²) >= 11 is 0. The Morgan fingerprint density at radius 3 is 2.33 bits per heavy atom. The van der Waals surface area contributed by atoms with Gasteiger partial charge in [0.2, 0.25) is 11.8 Å². The van der Waals surface area contributed by atoms with E-state index in [0.29, 0.717) is 17.1 Å². The van der Waals surface area contributed by atoms with Crippen LogP contribution in [0.1, 0.15) is 47.8 Å². The maximum absolute atomic E-state index is 12.5. The third kappa shape index (κ3) is 4.54. The van der Waals surface area contributed by atoms with Gasteiger partial charge >= 0.3 is 0 Å². The summed E-state index contributed by atoms with van der Waals surface area (Å²) in [7, 11) is 0. The first-order valence-electron chi connectivity index (χ1n) is 9.35. The van der Waals surface area contributed by atoms with Crippen LogP contribution >= 0.6 is 0 Å². The van der Waals surface area contributed by atoms with Gasteiger partial charge in [0.1, 0.15) is 0 Å². The number of amides is 2. The number of carbonyl (C=O) groups is 2. The lowest BCUT2D eigenvalue weighted by atomic mass is 10.1. The highest BCUT2D eigenvalue weighted by Crippen LogP contribution is 2.19. The molecule has 1 aromatic heterocycles. The number of aromatic nitrogens is 1. The highest BCUT2D eigenvalue weighted by molar-refractivity contribution is 6.04. The van der Waals surface area contributed by atoms with E-state index in [1.54, 1.807) is 24.3 Å². The van der Waals surface area contributed by atoms with Crippen molar-refractivity contribution in [3.8, 4) is 0 Å². The molecule has 2 aromatic rings. The Labute approximate surface area is 159 Å². The van der Waals surface area contributed by atoms with E-state index in [0.717, 1.165) is 37.2 Å². The van der Waals surface area contributed by atoms with Crippen LogP contribution in [0.25, 0.3) is 0 Å². The summed E-state index contributed by atoms with van der Waals surface area (Å²) in [5.74, 6) is 0.0425. The van der Waals surface area contributed by atoms with Crippen molar-refractivity contribution in [2.24, 2.45) is 0 Å². The van der Waals surface area contributed by atoms with Crippen molar-refractivity contribution in [2.75, 3.05) is 23.7 Å². The number of anilines is 2. The lowest BCUT2D eigenvalue weighted by molar-refractivity contribution is -0.121. The molecule has 0 bridgehead atoms. The lowest BCUT2D eigenvalue weighted by Crippen LogP contribution is -2.44. The third-order valence-corrected chi connectivity index (χ3v) is 5.12. The van der Waals surface area contributed by atoms with Crippen LogP contribution in [0, 0.1) is 13.8 Å². The maximum Gasteiger partial charge on any atom is 0.258 e. The molecule has 0 radical (unpaired) electrons. The Bertz CT molecular complexity index is 807. The van der Waals surface area contributed by atoms with Crippen molar-refractivity contribution in [1.82, 2.24) is 10.1 Å². The van der Waals surface area contributed by atoms with Gasteiger partial charge in [-0.25, -0.2) is 0 Å². The van der Waals surface area contributed by atoms with Crippen LogP contribution < -0.4 is 10.6 Å². The quantitative estimate of drug-likeness (QED) is 0.843. The number of hydrogen-bond donors (Lipinski definition) is 2. The summed E-state index contributed by atoms with van der Waals surface area (Å²) in [6.07, 6.45) is 3.53. The van der Waals surface area contributed by atoms with Crippen molar-refractivity contribution in [2.45, 2.75) is 46.1 Å². The number of nitrogens with zero attached hydrogens (tertiary/aromatic N) is 2. The molecule has 2 N–H and O–H groups in total. The first-order chi connectivity index (χ1) is 13.0. The van der Waals surface area contributed by atoms with Crippen molar-refractivity contribution in [1.29, 1.82) is 0 Å². The summed E-state index contributed by atoms with van der Waals surface area (Å²) in [6.45, 7) is 7.52. The SMILES string of the molecule is Cc1noc(NC(=O)c2ccc(NC(=O)C(C)N3CCCCC3)cc2)c1C. The highest BCUT2D eigenvalue weighted by Gasteiger charge is 2.22. The molecule has 1 aliphatic heterocycles. The van der Waals surface area contributed by atoms with Crippen LogP contribution in [0.5, 0.6) is 0 Å². The van der Waals surface area contributed by atoms with Gasteiger partial charge in [-0.15, -0.1) is 0 Å². The summed E-state index contributed by atoms with van der Waals surface area (Å²) in [5, 5.41) is 9.46.